The van der Waals surface area contributed by atoms with E-state index in [9.17, 15) is 17.6 Å². The number of hydrogen-bond acceptors (Lipinski definition) is 4. The van der Waals surface area contributed by atoms with Gasteiger partial charge in [-0.1, -0.05) is 29.8 Å². The lowest BCUT2D eigenvalue weighted by molar-refractivity contribution is 0.0953. The van der Waals surface area contributed by atoms with Crippen LogP contribution in [0.2, 0.25) is 5.02 Å². The van der Waals surface area contributed by atoms with Crippen molar-refractivity contribution < 1.29 is 17.6 Å². The third-order valence-corrected chi connectivity index (χ3v) is 6.97. The molecule has 0 bridgehead atoms. The van der Waals surface area contributed by atoms with E-state index in [-0.39, 0.29) is 24.0 Å². The van der Waals surface area contributed by atoms with E-state index in [1.54, 1.807) is 42.5 Å². The standard InChI is InChI=1S/C20H23ClFN3O3S/c21-17-6-3-5-16(15-17)20(26)23-9-4-14-29(27,28)25-12-10-24(11-13-25)19-8-2-1-7-18(19)22/h1-3,5-8,15H,4,9-14H2,(H,23,26). The molecule has 2 aromatic carbocycles. The second kappa shape index (κ2) is 9.56. The van der Waals surface area contributed by atoms with E-state index in [4.69, 9.17) is 11.6 Å². The van der Waals surface area contributed by atoms with Gasteiger partial charge in [0.1, 0.15) is 5.82 Å². The van der Waals surface area contributed by atoms with Gasteiger partial charge in [0.25, 0.3) is 5.91 Å². The molecule has 1 saturated heterocycles. The van der Waals surface area contributed by atoms with Crippen molar-refractivity contribution in [2.75, 3.05) is 43.4 Å². The normalized spacial score (nSPS) is 15.3. The van der Waals surface area contributed by atoms with Gasteiger partial charge in [-0.15, -0.1) is 0 Å². The molecule has 0 unspecified atom stereocenters. The molecule has 1 aliphatic rings. The van der Waals surface area contributed by atoms with E-state index in [2.05, 4.69) is 5.32 Å². The summed E-state index contributed by atoms with van der Waals surface area (Å²) in [5.41, 5.74) is 0.929. The fourth-order valence-corrected chi connectivity index (χ4v) is 4.91. The summed E-state index contributed by atoms with van der Waals surface area (Å²) in [7, 11) is -3.43. The Labute approximate surface area is 175 Å². The molecule has 2 aromatic rings. The summed E-state index contributed by atoms with van der Waals surface area (Å²) < 4.78 is 40.5. The second-order valence-corrected chi connectivity index (χ2v) is 9.30. The van der Waals surface area contributed by atoms with Crippen LogP contribution in [0.15, 0.2) is 48.5 Å². The zero-order valence-electron chi connectivity index (χ0n) is 15.9. The molecular formula is C20H23ClFN3O3S. The Morgan fingerprint density at radius 2 is 1.79 bits per heavy atom. The monoisotopic (exact) mass is 439 g/mol. The molecule has 1 N–H and O–H groups in total. The summed E-state index contributed by atoms with van der Waals surface area (Å²) in [6.07, 6.45) is 0.308. The highest BCUT2D eigenvalue weighted by atomic mass is 35.5. The summed E-state index contributed by atoms with van der Waals surface area (Å²) in [5.74, 6) is -0.648. The Bertz CT molecular complexity index is 963. The Balaban J connectivity index is 1.44. The average Bonchev–Trinajstić information content (AvgIpc) is 2.71. The van der Waals surface area contributed by atoms with Gasteiger partial charge in [0.15, 0.2) is 0 Å². The Morgan fingerprint density at radius 1 is 1.07 bits per heavy atom. The topological polar surface area (TPSA) is 69.7 Å². The lowest BCUT2D eigenvalue weighted by Crippen LogP contribution is -2.49. The number of sulfonamides is 1. The molecule has 1 heterocycles. The molecule has 1 fully saturated rings. The molecule has 156 valence electrons. The summed E-state index contributed by atoms with van der Waals surface area (Å²) in [6, 6.07) is 13.1. The van der Waals surface area contributed by atoms with Gasteiger partial charge < -0.3 is 10.2 Å². The number of benzene rings is 2. The molecule has 9 heteroatoms. The van der Waals surface area contributed by atoms with E-state index in [0.29, 0.717) is 48.9 Å². The lowest BCUT2D eigenvalue weighted by atomic mass is 10.2. The second-order valence-electron chi connectivity index (χ2n) is 6.77. The summed E-state index contributed by atoms with van der Waals surface area (Å²) in [5, 5.41) is 3.17. The molecule has 3 rings (SSSR count). The van der Waals surface area contributed by atoms with E-state index in [1.807, 2.05) is 4.90 Å². The Kier molecular flexibility index (Phi) is 7.10. The minimum absolute atomic E-state index is 0.0531. The number of carbonyl (C=O) groups excluding carboxylic acids is 1. The molecule has 0 radical (unpaired) electrons. The number of halogens is 2. The Hall–Kier alpha value is -2.16. The summed E-state index contributed by atoms with van der Waals surface area (Å²) in [6.45, 7) is 1.74. The quantitative estimate of drug-likeness (QED) is 0.673. The first-order valence-electron chi connectivity index (χ1n) is 9.38. The van der Waals surface area contributed by atoms with E-state index in [0.717, 1.165) is 0 Å². The maximum Gasteiger partial charge on any atom is 0.251 e. The molecule has 0 aromatic heterocycles. The Morgan fingerprint density at radius 3 is 2.48 bits per heavy atom. The largest absolute Gasteiger partial charge is 0.367 e. The number of rotatable bonds is 7. The van der Waals surface area contributed by atoms with Crippen molar-refractivity contribution in [3.63, 3.8) is 0 Å². The lowest BCUT2D eigenvalue weighted by Gasteiger charge is -2.35. The van der Waals surface area contributed by atoms with Crippen LogP contribution in [-0.4, -0.2) is 57.1 Å². The number of piperazine rings is 1. The van der Waals surface area contributed by atoms with Crippen LogP contribution in [0, 0.1) is 5.82 Å². The average molecular weight is 440 g/mol. The van der Waals surface area contributed by atoms with Crippen molar-refractivity contribution in [3.8, 4) is 0 Å². The van der Waals surface area contributed by atoms with Gasteiger partial charge in [-0.05, 0) is 36.8 Å². The zero-order valence-corrected chi connectivity index (χ0v) is 17.4. The number of anilines is 1. The number of carbonyl (C=O) groups is 1. The van der Waals surface area contributed by atoms with Crippen molar-refractivity contribution in [3.05, 3.63) is 64.9 Å². The van der Waals surface area contributed by atoms with Crippen molar-refractivity contribution >= 4 is 33.2 Å². The van der Waals surface area contributed by atoms with Gasteiger partial charge >= 0.3 is 0 Å². The van der Waals surface area contributed by atoms with Crippen molar-refractivity contribution in [1.29, 1.82) is 0 Å². The number of nitrogens with zero attached hydrogens (tertiary/aromatic N) is 2. The minimum Gasteiger partial charge on any atom is -0.367 e. The molecule has 29 heavy (non-hydrogen) atoms. The molecule has 0 atom stereocenters. The van der Waals surface area contributed by atoms with Crippen molar-refractivity contribution in [2.45, 2.75) is 6.42 Å². The fourth-order valence-electron chi connectivity index (χ4n) is 3.23. The third kappa shape index (κ3) is 5.68. The van der Waals surface area contributed by atoms with E-state index < -0.39 is 10.0 Å². The van der Waals surface area contributed by atoms with Crippen LogP contribution in [0.3, 0.4) is 0 Å². The highest BCUT2D eigenvalue weighted by molar-refractivity contribution is 7.89. The fraction of sp³-hybridized carbons (Fsp3) is 0.350. The van der Waals surface area contributed by atoms with Gasteiger partial charge in [0.05, 0.1) is 11.4 Å². The number of hydrogen-bond donors (Lipinski definition) is 1. The van der Waals surface area contributed by atoms with Crippen LogP contribution in [0.4, 0.5) is 10.1 Å². The van der Waals surface area contributed by atoms with Crippen LogP contribution in [0.25, 0.3) is 0 Å². The number of para-hydroxylation sites is 1. The van der Waals surface area contributed by atoms with Crippen LogP contribution >= 0.6 is 11.6 Å². The highest BCUT2D eigenvalue weighted by Gasteiger charge is 2.27. The van der Waals surface area contributed by atoms with E-state index >= 15 is 0 Å². The van der Waals surface area contributed by atoms with Crippen LogP contribution in [0.1, 0.15) is 16.8 Å². The predicted octanol–water partition coefficient (Wildman–Crippen LogP) is 2.75. The molecule has 6 nitrogen and oxygen atoms in total. The van der Waals surface area contributed by atoms with Crippen molar-refractivity contribution in [2.24, 2.45) is 0 Å². The van der Waals surface area contributed by atoms with E-state index in [1.165, 1.54) is 10.4 Å². The van der Waals surface area contributed by atoms with Gasteiger partial charge in [0, 0.05) is 43.3 Å². The van der Waals surface area contributed by atoms with Gasteiger partial charge in [-0.2, -0.15) is 4.31 Å². The maximum atomic E-state index is 13.9. The zero-order chi connectivity index (χ0) is 20.9. The van der Waals surface area contributed by atoms with Crippen LogP contribution in [-0.2, 0) is 10.0 Å². The van der Waals surface area contributed by atoms with Gasteiger partial charge in [0.2, 0.25) is 10.0 Å². The predicted molar refractivity (Wildman–Crippen MR) is 112 cm³/mol. The summed E-state index contributed by atoms with van der Waals surface area (Å²) >= 11 is 5.87. The molecule has 0 aliphatic carbocycles. The molecular weight excluding hydrogens is 417 g/mol. The molecule has 1 aliphatic heterocycles. The molecule has 1 amide bonds. The first-order chi connectivity index (χ1) is 13.9. The molecule has 0 saturated carbocycles. The number of amides is 1. The summed E-state index contributed by atoms with van der Waals surface area (Å²) in [4.78, 5) is 13.9. The smallest absolute Gasteiger partial charge is 0.251 e. The van der Waals surface area contributed by atoms with Crippen molar-refractivity contribution in [1.82, 2.24) is 9.62 Å². The highest BCUT2D eigenvalue weighted by Crippen LogP contribution is 2.21. The van der Waals surface area contributed by atoms with Gasteiger partial charge in [-0.25, -0.2) is 12.8 Å². The maximum absolute atomic E-state index is 13.9. The third-order valence-electron chi connectivity index (χ3n) is 4.78. The van der Waals surface area contributed by atoms with Crippen LogP contribution < -0.4 is 10.2 Å². The number of nitrogens with one attached hydrogen (secondary N) is 1. The SMILES string of the molecule is O=C(NCCCS(=O)(=O)N1CCN(c2ccccc2F)CC1)c1cccc(Cl)c1. The minimum atomic E-state index is -3.43. The first kappa shape index (κ1) is 21.5. The van der Waals surface area contributed by atoms with Gasteiger partial charge in [-0.3, -0.25) is 4.79 Å². The molecule has 0 spiro atoms. The van der Waals surface area contributed by atoms with Crippen LogP contribution in [0.5, 0.6) is 0 Å². The first-order valence-corrected chi connectivity index (χ1v) is 11.4.